The van der Waals surface area contributed by atoms with Gasteiger partial charge < -0.3 is 19.9 Å². The van der Waals surface area contributed by atoms with E-state index in [1.54, 1.807) is 19.1 Å². The predicted octanol–water partition coefficient (Wildman–Crippen LogP) is 3.97. The first kappa shape index (κ1) is 25.7. The maximum Gasteiger partial charge on any atom is 0.306 e. The second kappa shape index (κ2) is 12.0. The van der Waals surface area contributed by atoms with Crippen LogP contribution < -0.4 is 10.1 Å². The maximum absolute atomic E-state index is 11.6. The van der Waals surface area contributed by atoms with Gasteiger partial charge in [0, 0.05) is 18.5 Å². The summed E-state index contributed by atoms with van der Waals surface area (Å²) >= 11 is 0. The molecule has 0 spiro atoms. The molecule has 6 heteroatoms. The van der Waals surface area contributed by atoms with Crippen LogP contribution in [0.3, 0.4) is 0 Å². The molecule has 0 aliphatic heterocycles. The molecular formula is C28H36N2O4. The van der Waals surface area contributed by atoms with Crippen molar-refractivity contribution in [2.24, 2.45) is 5.92 Å². The maximum atomic E-state index is 11.6. The third kappa shape index (κ3) is 7.58. The summed E-state index contributed by atoms with van der Waals surface area (Å²) in [5, 5.41) is 23.4. The molecule has 2 aromatic rings. The van der Waals surface area contributed by atoms with Crippen molar-refractivity contribution < 1.29 is 19.4 Å². The molecule has 3 rings (SSSR count). The van der Waals surface area contributed by atoms with Crippen LogP contribution in [-0.4, -0.2) is 42.5 Å². The van der Waals surface area contributed by atoms with Gasteiger partial charge in [0.05, 0.1) is 12.2 Å². The van der Waals surface area contributed by atoms with Crippen molar-refractivity contribution in [3.63, 3.8) is 0 Å². The molecule has 0 radical (unpaired) electrons. The first-order valence-corrected chi connectivity index (χ1v) is 12.1. The van der Waals surface area contributed by atoms with Crippen molar-refractivity contribution in [3.05, 3.63) is 64.7 Å². The Hall–Kier alpha value is -2.88. The number of hydrogen-bond acceptors (Lipinski definition) is 6. The minimum Gasteiger partial charge on any atom is -0.489 e. The summed E-state index contributed by atoms with van der Waals surface area (Å²) in [6.45, 7) is 6.96. The van der Waals surface area contributed by atoms with Crippen LogP contribution in [0, 0.1) is 17.2 Å². The van der Waals surface area contributed by atoms with Gasteiger partial charge in [0.25, 0.3) is 0 Å². The van der Waals surface area contributed by atoms with Crippen LogP contribution >= 0.6 is 0 Å². The number of carbonyl (C=O) groups excluding carboxylic acids is 1. The van der Waals surface area contributed by atoms with Crippen molar-refractivity contribution in [1.82, 2.24) is 5.32 Å². The molecule has 1 aliphatic carbocycles. The average molecular weight is 465 g/mol. The number of hydrogen-bond donors (Lipinski definition) is 2. The number of nitriles is 1. The van der Waals surface area contributed by atoms with Gasteiger partial charge in [-0.15, -0.1) is 0 Å². The van der Waals surface area contributed by atoms with Crippen LogP contribution in [0.4, 0.5) is 0 Å². The monoisotopic (exact) mass is 464 g/mol. The number of β-amino-alcohol motifs (C(OH)–C–C–N with tert-alkyl or cyclic N) is 1. The molecule has 0 heterocycles. The second-order valence-corrected chi connectivity index (χ2v) is 9.72. The fraction of sp³-hybridized carbons (Fsp3) is 0.500. The van der Waals surface area contributed by atoms with Gasteiger partial charge in [0.1, 0.15) is 24.5 Å². The lowest BCUT2D eigenvalue weighted by Gasteiger charge is -2.30. The number of fused-ring (bicyclic) bond motifs is 1. The fourth-order valence-corrected chi connectivity index (χ4v) is 4.64. The Kier molecular flexibility index (Phi) is 9.09. The van der Waals surface area contributed by atoms with E-state index < -0.39 is 6.10 Å². The molecule has 1 unspecified atom stereocenters. The van der Waals surface area contributed by atoms with Crippen LogP contribution in [0.2, 0.25) is 0 Å². The molecule has 182 valence electrons. The van der Waals surface area contributed by atoms with E-state index in [2.05, 4.69) is 49.5 Å². The number of benzene rings is 2. The van der Waals surface area contributed by atoms with Crippen molar-refractivity contribution in [1.29, 1.82) is 5.26 Å². The van der Waals surface area contributed by atoms with Gasteiger partial charge in [0.2, 0.25) is 0 Å². The average Bonchev–Trinajstić information content (AvgIpc) is 3.22. The van der Waals surface area contributed by atoms with E-state index in [0.29, 0.717) is 36.8 Å². The van der Waals surface area contributed by atoms with E-state index >= 15 is 0 Å². The smallest absolute Gasteiger partial charge is 0.306 e. The van der Waals surface area contributed by atoms with E-state index in [0.717, 1.165) is 24.8 Å². The SMILES string of the molecule is CCOC(=O)CCc1ccc(C#N)c(OCC(O)CNC(C)(C)CC2Cc3ccccc3C2)c1. The molecule has 1 atom stereocenters. The van der Waals surface area contributed by atoms with E-state index in [1.807, 2.05) is 6.07 Å². The molecule has 6 nitrogen and oxygen atoms in total. The third-order valence-electron chi connectivity index (χ3n) is 6.27. The number of nitrogens with zero attached hydrogens (tertiary/aromatic N) is 1. The molecule has 34 heavy (non-hydrogen) atoms. The zero-order valence-electron chi connectivity index (χ0n) is 20.5. The number of aliphatic hydroxyl groups is 1. The highest BCUT2D eigenvalue weighted by Crippen LogP contribution is 2.31. The van der Waals surface area contributed by atoms with Crippen molar-refractivity contribution in [2.75, 3.05) is 19.8 Å². The normalized spacial score (nSPS) is 14.3. The fourth-order valence-electron chi connectivity index (χ4n) is 4.64. The molecular weight excluding hydrogens is 428 g/mol. The Morgan fingerprint density at radius 1 is 1.24 bits per heavy atom. The van der Waals surface area contributed by atoms with Crippen LogP contribution in [0.15, 0.2) is 42.5 Å². The van der Waals surface area contributed by atoms with Gasteiger partial charge in [-0.3, -0.25) is 4.79 Å². The largest absolute Gasteiger partial charge is 0.489 e. The first-order valence-electron chi connectivity index (χ1n) is 12.1. The van der Waals surface area contributed by atoms with Crippen molar-refractivity contribution >= 4 is 5.97 Å². The van der Waals surface area contributed by atoms with Crippen molar-refractivity contribution in [2.45, 2.75) is 64.5 Å². The van der Waals surface area contributed by atoms with E-state index in [9.17, 15) is 15.2 Å². The highest BCUT2D eigenvalue weighted by Gasteiger charge is 2.28. The lowest BCUT2D eigenvalue weighted by molar-refractivity contribution is -0.143. The highest BCUT2D eigenvalue weighted by atomic mass is 16.5. The second-order valence-electron chi connectivity index (χ2n) is 9.72. The Morgan fingerprint density at radius 3 is 2.59 bits per heavy atom. The summed E-state index contributed by atoms with van der Waals surface area (Å²) in [6.07, 6.45) is 3.30. The summed E-state index contributed by atoms with van der Waals surface area (Å²) in [6, 6.07) is 16.0. The number of carbonyl (C=O) groups is 1. The molecule has 2 N–H and O–H groups in total. The summed E-state index contributed by atoms with van der Waals surface area (Å²) in [4.78, 5) is 11.6. The predicted molar refractivity (Wildman–Crippen MR) is 132 cm³/mol. The molecule has 0 saturated carbocycles. The Bertz CT molecular complexity index is 987. The molecule has 1 aliphatic rings. The molecule has 2 aromatic carbocycles. The Morgan fingerprint density at radius 2 is 1.94 bits per heavy atom. The number of rotatable bonds is 12. The zero-order chi connectivity index (χ0) is 24.6. The summed E-state index contributed by atoms with van der Waals surface area (Å²) < 4.78 is 10.8. The Labute approximate surface area is 202 Å². The number of aryl methyl sites for hydroxylation is 1. The zero-order valence-corrected chi connectivity index (χ0v) is 20.5. The van der Waals surface area contributed by atoms with Crippen LogP contribution in [0.1, 0.15) is 55.9 Å². The lowest BCUT2D eigenvalue weighted by atomic mass is 9.88. The van der Waals surface area contributed by atoms with Crippen molar-refractivity contribution in [3.8, 4) is 11.8 Å². The molecule has 0 amide bonds. The van der Waals surface area contributed by atoms with Crippen LogP contribution in [0.5, 0.6) is 5.75 Å². The number of nitrogens with one attached hydrogen (secondary N) is 1. The van der Waals surface area contributed by atoms with Crippen LogP contribution in [-0.2, 0) is 28.8 Å². The Balaban J connectivity index is 1.46. The minimum absolute atomic E-state index is 0.0773. The van der Waals surface area contributed by atoms with Crippen LogP contribution in [0.25, 0.3) is 0 Å². The number of esters is 1. The summed E-state index contributed by atoms with van der Waals surface area (Å²) in [7, 11) is 0. The van der Waals surface area contributed by atoms with Gasteiger partial charge in [-0.25, -0.2) is 0 Å². The van der Waals surface area contributed by atoms with E-state index in [1.165, 1.54) is 11.1 Å². The van der Waals surface area contributed by atoms with Gasteiger partial charge in [-0.1, -0.05) is 30.3 Å². The first-order chi connectivity index (χ1) is 16.3. The quantitative estimate of drug-likeness (QED) is 0.462. The van der Waals surface area contributed by atoms with E-state index in [4.69, 9.17) is 9.47 Å². The number of aliphatic hydroxyl groups excluding tert-OH is 1. The summed E-state index contributed by atoms with van der Waals surface area (Å²) in [5.74, 6) is 0.773. The number of ether oxygens (including phenoxy) is 2. The lowest BCUT2D eigenvalue weighted by Crippen LogP contribution is -2.46. The minimum atomic E-state index is -0.713. The molecule has 0 saturated heterocycles. The molecule has 0 aromatic heterocycles. The van der Waals surface area contributed by atoms with E-state index in [-0.39, 0.29) is 24.5 Å². The summed E-state index contributed by atoms with van der Waals surface area (Å²) in [5.41, 5.74) is 4.08. The van der Waals surface area contributed by atoms with Gasteiger partial charge in [-0.2, -0.15) is 5.26 Å². The topological polar surface area (TPSA) is 91.6 Å². The van der Waals surface area contributed by atoms with Gasteiger partial charge in [0.15, 0.2) is 0 Å². The highest BCUT2D eigenvalue weighted by molar-refractivity contribution is 5.69. The van der Waals surface area contributed by atoms with Gasteiger partial charge >= 0.3 is 5.97 Å². The molecule has 0 fully saturated rings. The molecule has 0 bridgehead atoms. The van der Waals surface area contributed by atoms with Gasteiger partial charge in [-0.05, 0) is 81.2 Å². The standard InChI is InChI=1S/C28H36N2O4/c1-4-33-27(32)12-10-20-9-11-24(17-29)26(15-20)34-19-25(31)18-30-28(2,3)16-21-13-22-7-5-6-8-23(22)14-21/h5-9,11,15,21,25,30-31H,4,10,12-14,16,18-19H2,1-3H3. The third-order valence-corrected chi connectivity index (χ3v) is 6.27.